The highest BCUT2D eigenvalue weighted by Crippen LogP contribution is 2.28. The van der Waals surface area contributed by atoms with E-state index in [1.165, 1.54) is 6.54 Å². The first kappa shape index (κ1) is 10.0. The van der Waals surface area contributed by atoms with Gasteiger partial charge in [0.2, 0.25) is 0 Å². The van der Waals surface area contributed by atoms with E-state index in [1.54, 1.807) is 0 Å². The Labute approximate surface area is 76.1 Å². The van der Waals surface area contributed by atoms with Gasteiger partial charge in [-0.3, -0.25) is 4.90 Å². The van der Waals surface area contributed by atoms with Crippen molar-refractivity contribution in [1.82, 2.24) is 4.90 Å². The van der Waals surface area contributed by atoms with E-state index < -0.39 is 0 Å². The standard InChI is InChI=1S/C10H22N2/c1-8(2)6-12-7-9(11)5-10(12,3)4/h8-9H,5-7,11H2,1-4H3. The lowest BCUT2D eigenvalue weighted by Crippen LogP contribution is -2.40. The molecule has 2 N–H and O–H groups in total. The lowest BCUT2D eigenvalue weighted by Gasteiger charge is -2.32. The topological polar surface area (TPSA) is 29.3 Å². The molecule has 0 amide bonds. The SMILES string of the molecule is CC(C)CN1CC(N)CC1(C)C. The lowest BCUT2D eigenvalue weighted by atomic mass is 10.00. The molecule has 2 heteroatoms. The van der Waals surface area contributed by atoms with E-state index >= 15 is 0 Å². The van der Waals surface area contributed by atoms with E-state index in [2.05, 4.69) is 32.6 Å². The van der Waals surface area contributed by atoms with Crippen LogP contribution in [-0.2, 0) is 0 Å². The highest BCUT2D eigenvalue weighted by Gasteiger charge is 2.36. The van der Waals surface area contributed by atoms with E-state index in [0.29, 0.717) is 11.6 Å². The number of rotatable bonds is 2. The average molecular weight is 170 g/mol. The normalized spacial score (nSPS) is 30.0. The summed E-state index contributed by atoms with van der Waals surface area (Å²) in [6, 6.07) is 0.388. The number of hydrogen-bond acceptors (Lipinski definition) is 2. The molecule has 1 rings (SSSR count). The zero-order valence-corrected chi connectivity index (χ0v) is 8.80. The molecule has 0 radical (unpaired) electrons. The van der Waals surface area contributed by atoms with Crippen LogP contribution in [0.2, 0.25) is 0 Å². The zero-order valence-electron chi connectivity index (χ0n) is 8.80. The summed E-state index contributed by atoms with van der Waals surface area (Å²) in [5.74, 6) is 0.745. The van der Waals surface area contributed by atoms with Crippen molar-refractivity contribution in [3.63, 3.8) is 0 Å². The minimum atomic E-state index is 0.323. The van der Waals surface area contributed by atoms with Gasteiger partial charge < -0.3 is 5.73 Å². The first-order valence-corrected chi connectivity index (χ1v) is 4.92. The van der Waals surface area contributed by atoms with Crippen molar-refractivity contribution in [2.24, 2.45) is 11.7 Å². The van der Waals surface area contributed by atoms with Crippen LogP contribution in [0.25, 0.3) is 0 Å². The maximum Gasteiger partial charge on any atom is 0.0185 e. The fourth-order valence-corrected chi connectivity index (χ4v) is 2.13. The molecule has 12 heavy (non-hydrogen) atoms. The molecule has 0 saturated carbocycles. The molecule has 1 aliphatic rings. The van der Waals surface area contributed by atoms with E-state index in [9.17, 15) is 0 Å². The van der Waals surface area contributed by atoms with Gasteiger partial charge in [-0.1, -0.05) is 13.8 Å². The molecular weight excluding hydrogens is 148 g/mol. The monoisotopic (exact) mass is 170 g/mol. The van der Waals surface area contributed by atoms with Crippen LogP contribution >= 0.6 is 0 Å². The fourth-order valence-electron chi connectivity index (χ4n) is 2.13. The second-order valence-electron chi connectivity index (χ2n) is 5.08. The predicted molar refractivity (Wildman–Crippen MR) is 53.1 cm³/mol. The van der Waals surface area contributed by atoms with Gasteiger partial charge in [0.1, 0.15) is 0 Å². The summed E-state index contributed by atoms with van der Waals surface area (Å²) < 4.78 is 0. The summed E-state index contributed by atoms with van der Waals surface area (Å²) in [7, 11) is 0. The Morgan fingerprint density at radius 3 is 2.42 bits per heavy atom. The minimum Gasteiger partial charge on any atom is -0.326 e. The molecule has 1 fully saturated rings. The number of hydrogen-bond donors (Lipinski definition) is 1. The summed E-state index contributed by atoms with van der Waals surface area (Å²) in [5.41, 5.74) is 6.26. The smallest absolute Gasteiger partial charge is 0.0185 e. The van der Waals surface area contributed by atoms with Gasteiger partial charge in [-0.05, 0) is 26.2 Å². The van der Waals surface area contributed by atoms with Gasteiger partial charge in [0.15, 0.2) is 0 Å². The molecule has 1 unspecified atom stereocenters. The van der Waals surface area contributed by atoms with Crippen molar-refractivity contribution in [3.8, 4) is 0 Å². The van der Waals surface area contributed by atoms with E-state index in [-0.39, 0.29) is 0 Å². The molecule has 1 saturated heterocycles. The van der Waals surface area contributed by atoms with E-state index in [4.69, 9.17) is 5.73 Å². The Morgan fingerprint density at radius 1 is 1.50 bits per heavy atom. The molecule has 0 aromatic carbocycles. The van der Waals surface area contributed by atoms with Crippen LogP contribution in [0.15, 0.2) is 0 Å². The van der Waals surface area contributed by atoms with Gasteiger partial charge in [-0.15, -0.1) is 0 Å². The molecule has 2 nitrogen and oxygen atoms in total. The van der Waals surface area contributed by atoms with Gasteiger partial charge in [0, 0.05) is 24.7 Å². The van der Waals surface area contributed by atoms with Crippen molar-refractivity contribution in [2.45, 2.75) is 45.7 Å². The summed E-state index contributed by atoms with van der Waals surface area (Å²) in [5, 5.41) is 0. The Kier molecular flexibility index (Phi) is 2.79. The van der Waals surface area contributed by atoms with E-state index in [0.717, 1.165) is 18.9 Å². The second kappa shape index (κ2) is 3.35. The first-order valence-electron chi connectivity index (χ1n) is 4.92. The van der Waals surface area contributed by atoms with Gasteiger partial charge in [-0.2, -0.15) is 0 Å². The molecular formula is C10H22N2. The number of nitrogens with two attached hydrogens (primary N) is 1. The van der Waals surface area contributed by atoms with Gasteiger partial charge in [-0.25, -0.2) is 0 Å². The molecule has 72 valence electrons. The number of likely N-dealkylation sites (tertiary alicyclic amines) is 1. The van der Waals surface area contributed by atoms with Gasteiger partial charge >= 0.3 is 0 Å². The molecule has 0 spiro atoms. The summed E-state index contributed by atoms with van der Waals surface area (Å²) in [6.07, 6.45) is 1.14. The van der Waals surface area contributed by atoms with Crippen molar-refractivity contribution in [3.05, 3.63) is 0 Å². The second-order valence-corrected chi connectivity index (χ2v) is 5.08. The Balaban J connectivity index is 2.53. The average Bonchev–Trinajstić information content (AvgIpc) is 2.04. The third-order valence-corrected chi connectivity index (χ3v) is 2.66. The van der Waals surface area contributed by atoms with Crippen molar-refractivity contribution in [2.75, 3.05) is 13.1 Å². The lowest BCUT2D eigenvalue weighted by molar-refractivity contribution is 0.156. The van der Waals surface area contributed by atoms with Crippen molar-refractivity contribution in [1.29, 1.82) is 0 Å². The van der Waals surface area contributed by atoms with Crippen LogP contribution in [0.1, 0.15) is 34.1 Å². The molecule has 0 aromatic rings. The molecule has 1 heterocycles. The van der Waals surface area contributed by atoms with Crippen LogP contribution in [-0.4, -0.2) is 29.6 Å². The fraction of sp³-hybridized carbons (Fsp3) is 1.00. The summed E-state index contributed by atoms with van der Waals surface area (Å²) in [6.45, 7) is 11.4. The molecule has 1 atom stereocenters. The predicted octanol–water partition coefficient (Wildman–Crippen LogP) is 1.45. The summed E-state index contributed by atoms with van der Waals surface area (Å²) in [4.78, 5) is 2.52. The summed E-state index contributed by atoms with van der Waals surface area (Å²) >= 11 is 0. The Hall–Kier alpha value is -0.0800. The maximum atomic E-state index is 5.93. The highest BCUT2D eigenvalue weighted by atomic mass is 15.2. The first-order chi connectivity index (χ1) is 5.42. The van der Waals surface area contributed by atoms with Crippen LogP contribution in [0.4, 0.5) is 0 Å². The quantitative estimate of drug-likeness (QED) is 0.679. The van der Waals surface area contributed by atoms with Crippen molar-refractivity contribution >= 4 is 0 Å². The van der Waals surface area contributed by atoms with Crippen LogP contribution < -0.4 is 5.73 Å². The number of nitrogens with zero attached hydrogens (tertiary/aromatic N) is 1. The third kappa shape index (κ3) is 2.20. The Morgan fingerprint density at radius 2 is 2.08 bits per heavy atom. The minimum absolute atomic E-state index is 0.323. The van der Waals surface area contributed by atoms with Crippen LogP contribution in [0.3, 0.4) is 0 Å². The van der Waals surface area contributed by atoms with Crippen molar-refractivity contribution < 1.29 is 0 Å². The molecule has 1 aliphatic heterocycles. The molecule has 0 aromatic heterocycles. The highest BCUT2D eigenvalue weighted by molar-refractivity contribution is 4.94. The zero-order chi connectivity index (χ0) is 9.35. The Bertz CT molecular complexity index is 152. The van der Waals surface area contributed by atoms with Crippen LogP contribution in [0.5, 0.6) is 0 Å². The van der Waals surface area contributed by atoms with Gasteiger partial charge in [0.25, 0.3) is 0 Å². The van der Waals surface area contributed by atoms with Crippen LogP contribution in [0, 0.1) is 5.92 Å². The molecule has 0 bridgehead atoms. The largest absolute Gasteiger partial charge is 0.326 e. The van der Waals surface area contributed by atoms with Gasteiger partial charge in [0.05, 0.1) is 0 Å². The molecule has 0 aliphatic carbocycles. The maximum absolute atomic E-state index is 5.93. The third-order valence-electron chi connectivity index (χ3n) is 2.66. The van der Waals surface area contributed by atoms with E-state index in [1.807, 2.05) is 0 Å².